The van der Waals surface area contributed by atoms with Crippen molar-refractivity contribution in [3.63, 3.8) is 0 Å². The minimum Gasteiger partial charge on any atom is -0.495 e. The average molecular weight is 431 g/mol. The fourth-order valence-electron chi connectivity index (χ4n) is 2.81. The van der Waals surface area contributed by atoms with Crippen LogP contribution in [0.4, 0.5) is 11.4 Å². The highest BCUT2D eigenvalue weighted by Crippen LogP contribution is 2.28. The number of rotatable bonds is 8. The van der Waals surface area contributed by atoms with Gasteiger partial charge in [0.1, 0.15) is 5.75 Å². The third kappa shape index (κ3) is 5.36. The molecular formula is C21H22N2O4S2. The van der Waals surface area contributed by atoms with Crippen LogP contribution < -0.4 is 14.8 Å². The van der Waals surface area contributed by atoms with Gasteiger partial charge in [0.15, 0.2) is 0 Å². The Morgan fingerprint density at radius 3 is 2.62 bits per heavy atom. The first-order chi connectivity index (χ1) is 13.9. The zero-order valence-electron chi connectivity index (χ0n) is 16.1. The number of aryl methyl sites for hydroxylation is 2. The van der Waals surface area contributed by atoms with Crippen molar-refractivity contribution in [2.45, 2.75) is 24.7 Å². The Morgan fingerprint density at radius 2 is 1.90 bits per heavy atom. The van der Waals surface area contributed by atoms with Crippen molar-refractivity contribution in [1.82, 2.24) is 0 Å². The second-order valence-electron chi connectivity index (χ2n) is 6.41. The first kappa shape index (κ1) is 20.9. The van der Waals surface area contributed by atoms with E-state index in [0.29, 0.717) is 35.5 Å². The fraction of sp³-hybridized carbons (Fsp3) is 0.190. The normalized spacial score (nSPS) is 11.1. The molecule has 1 heterocycles. The summed E-state index contributed by atoms with van der Waals surface area (Å²) in [5.41, 5.74) is 1.36. The molecule has 6 nitrogen and oxygen atoms in total. The van der Waals surface area contributed by atoms with E-state index in [9.17, 15) is 13.2 Å². The summed E-state index contributed by atoms with van der Waals surface area (Å²) in [6, 6.07) is 15.5. The van der Waals surface area contributed by atoms with Gasteiger partial charge in [-0.1, -0.05) is 24.3 Å². The number of amides is 1. The highest BCUT2D eigenvalue weighted by atomic mass is 32.2. The van der Waals surface area contributed by atoms with Gasteiger partial charge in [0.25, 0.3) is 10.0 Å². The number of nitrogens with one attached hydrogen (secondary N) is 2. The van der Waals surface area contributed by atoms with Crippen molar-refractivity contribution in [3.05, 3.63) is 70.4 Å². The number of para-hydroxylation sites is 2. The summed E-state index contributed by atoms with van der Waals surface area (Å²) in [4.78, 5) is 13.5. The van der Waals surface area contributed by atoms with Crippen LogP contribution in [0.3, 0.4) is 0 Å². The minimum absolute atomic E-state index is 0.0967. The molecule has 8 heteroatoms. The summed E-state index contributed by atoms with van der Waals surface area (Å²) >= 11 is 1.61. The first-order valence-corrected chi connectivity index (χ1v) is 11.3. The van der Waals surface area contributed by atoms with E-state index in [-0.39, 0.29) is 10.8 Å². The molecule has 29 heavy (non-hydrogen) atoms. The van der Waals surface area contributed by atoms with E-state index in [1.165, 1.54) is 13.2 Å². The summed E-state index contributed by atoms with van der Waals surface area (Å²) in [6.07, 6.45) is 0.978. The highest BCUT2D eigenvalue weighted by Gasteiger charge is 2.19. The zero-order chi connectivity index (χ0) is 20.9. The number of methoxy groups -OCH3 is 1. The predicted molar refractivity (Wildman–Crippen MR) is 116 cm³/mol. The first-order valence-electron chi connectivity index (χ1n) is 8.98. The van der Waals surface area contributed by atoms with Crippen molar-refractivity contribution in [2.24, 2.45) is 0 Å². The second-order valence-corrected chi connectivity index (χ2v) is 9.10. The number of thiophene rings is 1. The van der Waals surface area contributed by atoms with E-state index >= 15 is 0 Å². The van der Waals surface area contributed by atoms with Crippen LogP contribution in [0.1, 0.15) is 16.9 Å². The quantitative estimate of drug-likeness (QED) is 0.553. The molecule has 0 aliphatic heterocycles. The lowest BCUT2D eigenvalue weighted by atomic mass is 10.2. The van der Waals surface area contributed by atoms with E-state index in [2.05, 4.69) is 10.0 Å². The maximum Gasteiger partial charge on any atom is 0.262 e. The lowest BCUT2D eigenvalue weighted by Gasteiger charge is -2.14. The van der Waals surface area contributed by atoms with Crippen LogP contribution in [0.25, 0.3) is 0 Å². The van der Waals surface area contributed by atoms with Gasteiger partial charge < -0.3 is 10.1 Å². The molecule has 0 aliphatic rings. The van der Waals surface area contributed by atoms with Gasteiger partial charge in [-0.05, 0) is 54.6 Å². The molecule has 2 N–H and O–H groups in total. The maximum absolute atomic E-state index is 12.9. The lowest BCUT2D eigenvalue weighted by molar-refractivity contribution is -0.116. The number of hydrogen-bond acceptors (Lipinski definition) is 5. The monoisotopic (exact) mass is 430 g/mol. The van der Waals surface area contributed by atoms with Crippen LogP contribution in [0, 0.1) is 6.92 Å². The minimum atomic E-state index is -3.86. The van der Waals surface area contributed by atoms with Crippen LogP contribution in [0.2, 0.25) is 0 Å². The van der Waals surface area contributed by atoms with Crippen LogP contribution >= 0.6 is 11.3 Å². The summed E-state index contributed by atoms with van der Waals surface area (Å²) in [6.45, 7) is 1.71. The van der Waals surface area contributed by atoms with Crippen LogP contribution in [-0.2, 0) is 21.2 Å². The smallest absolute Gasteiger partial charge is 0.262 e. The molecule has 0 bridgehead atoms. The van der Waals surface area contributed by atoms with Gasteiger partial charge in [0, 0.05) is 17.0 Å². The summed E-state index contributed by atoms with van der Waals surface area (Å²) in [5, 5.41) is 4.75. The van der Waals surface area contributed by atoms with E-state index in [4.69, 9.17) is 4.74 Å². The van der Waals surface area contributed by atoms with Crippen LogP contribution in [0.5, 0.6) is 5.75 Å². The van der Waals surface area contributed by atoms with Gasteiger partial charge in [0.2, 0.25) is 5.91 Å². The number of hydrogen-bond donors (Lipinski definition) is 2. The molecule has 1 amide bonds. The van der Waals surface area contributed by atoms with Crippen molar-refractivity contribution in [1.29, 1.82) is 0 Å². The van der Waals surface area contributed by atoms with Gasteiger partial charge in [0.05, 0.1) is 17.7 Å². The lowest BCUT2D eigenvalue weighted by Crippen LogP contribution is -2.16. The van der Waals surface area contributed by atoms with Gasteiger partial charge in [-0.15, -0.1) is 11.3 Å². The Labute approximate surface area is 174 Å². The van der Waals surface area contributed by atoms with Crippen LogP contribution in [-0.4, -0.2) is 21.4 Å². The van der Waals surface area contributed by atoms with Crippen LogP contribution in [0.15, 0.2) is 64.9 Å². The molecule has 0 unspecified atom stereocenters. The molecule has 0 atom stereocenters. The third-order valence-electron chi connectivity index (χ3n) is 4.29. The fourth-order valence-corrected chi connectivity index (χ4v) is 4.86. The molecule has 0 spiro atoms. The van der Waals surface area contributed by atoms with Gasteiger partial charge in [-0.25, -0.2) is 8.42 Å². The predicted octanol–water partition coefficient (Wildman–Crippen LogP) is 4.44. The molecule has 2 aromatic carbocycles. The number of carbonyl (C=O) groups is 1. The van der Waals surface area contributed by atoms with E-state index < -0.39 is 10.0 Å². The Bertz CT molecular complexity index is 1090. The van der Waals surface area contributed by atoms with Crippen molar-refractivity contribution in [2.75, 3.05) is 17.1 Å². The Morgan fingerprint density at radius 1 is 1.10 bits per heavy atom. The third-order valence-corrected chi connectivity index (χ3v) is 6.73. The standard InChI is InChI=1S/C21H22N2O4S2/c1-15-9-10-16(22-21(24)12-11-17-6-5-13-28-17)14-20(15)29(25,26)23-18-7-3-4-8-19(18)27-2/h3-10,13-14,23H,11-12H2,1-2H3,(H,22,24). The van der Waals surface area contributed by atoms with Crippen molar-refractivity contribution in [3.8, 4) is 5.75 Å². The number of sulfonamides is 1. The van der Waals surface area contributed by atoms with Gasteiger partial charge in [-0.3, -0.25) is 9.52 Å². The number of benzene rings is 2. The largest absolute Gasteiger partial charge is 0.495 e. The second kappa shape index (κ2) is 9.11. The Kier molecular flexibility index (Phi) is 6.56. The summed E-state index contributed by atoms with van der Waals surface area (Å²) in [7, 11) is -2.39. The zero-order valence-corrected chi connectivity index (χ0v) is 17.8. The van der Waals surface area contributed by atoms with Gasteiger partial charge >= 0.3 is 0 Å². The molecule has 152 valence electrons. The SMILES string of the molecule is COc1ccccc1NS(=O)(=O)c1cc(NC(=O)CCc2cccs2)ccc1C. The van der Waals surface area contributed by atoms with E-state index in [1.54, 1.807) is 54.7 Å². The summed E-state index contributed by atoms with van der Waals surface area (Å²) in [5.74, 6) is 0.259. The van der Waals surface area contributed by atoms with E-state index in [0.717, 1.165) is 4.88 Å². The molecule has 3 aromatic rings. The molecule has 0 aliphatic carbocycles. The molecule has 0 saturated carbocycles. The Hall–Kier alpha value is -2.84. The molecule has 0 saturated heterocycles. The van der Waals surface area contributed by atoms with Gasteiger partial charge in [-0.2, -0.15) is 0 Å². The highest BCUT2D eigenvalue weighted by molar-refractivity contribution is 7.92. The number of carbonyl (C=O) groups excluding carboxylic acids is 1. The van der Waals surface area contributed by atoms with Crippen molar-refractivity contribution < 1.29 is 17.9 Å². The maximum atomic E-state index is 12.9. The molecule has 0 fully saturated rings. The molecular weight excluding hydrogens is 408 g/mol. The van der Waals surface area contributed by atoms with E-state index in [1.807, 2.05) is 17.5 Å². The topological polar surface area (TPSA) is 84.5 Å². The van der Waals surface area contributed by atoms with Crippen molar-refractivity contribution >= 4 is 38.6 Å². The summed E-state index contributed by atoms with van der Waals surface area (Å²) < 4.78 is 33.6. The molecule has 3 rings (SSSR count). The number of ether oxygens (including phenoxy) is 1. The Balaban J connectivity index is 1.76. The molecule has 0 radical (unpaired) electrons. The molecule has 1 aromatic heterocycles. The average Bonchev–Trinajstić information content (AvgIpc) is 3.21. The number of anilines is 2.